The van der Waals surface area contributed by atoms with Crippen LogP contribution in [0, 0.1) is 23.0 Å². The molecule has 1 aliphatic carbocycles. The van der Waals surface area contributed by atoms with E-state index in [9.17, 15) is 23.2 Å². The van der Waals surface area contributed by atoms with Gasteiger partial charge in [-0.25, -0.2) is 13.6 Å². The van der Waals surface area contributed by atoms with E-state index in [0.29, 0.717) is 18.8 Å². The van der Waals surface area contributed by atoms with Gasteiger partial charge < -0.3 is 10.6 Å². The molecule has 1 aromatic rings. The van der Waals surface area contributed by atoms with Crippen LogP contribution in [0.3, 0.4) is 0 Å². The minimum Gasteiger partial charge on any atom is -0.348 e. The number of imide groups is 1. The molecule has 1 heterocycles. The van der Waals surface area contributed by atoms with Crippen molar-refractivity contribution in [2.24, 2.45) is 11.3 Å². The van der Waals surface area contributed by atoms with Crippen LogP contribution >= 0.6 is 0 Å². The van der Waals surface area contributed by atoms with Crippen LogP contribution < -0.4 is 10.6 Å². The Morgan fingerprint density at radius 3 is 2.47 bits per heavy atom. The minimum atomic E-state index is -0.937. The summed E-state index contributed by atoms with van der Waals surface area (Å²) in [5.41, 5.74) is -0.675. The van der Waals surface area contributed by atoms with Gasteiger partial charge in [-0.2, -0.15) is 0 Å². The Kier molecular flexibility index (Phi) is 5.89. The lowest BCUT2D eigenvalue weighted by molar-refractivity contribution is -0.136. The fourth-order valence-corrected chi connectivity index (χ4v) is 4.50. The maximum absolute atomic E-state index is 13.9. The summed E-state index contributed by atoms with van der Waals surface area (Å²) in [6.45, 7) is 7.63. The molecular weight excluding hydrogens is 392 g/mol. The number of hydrogen-bond donors (Lipinski definition) is 2. The van der Waals surface area contributed by atoms with E-state index in [0.717, 1.165) is 29.9 Å². The summed E-state index contributed by atoms with van der Waals surface area (Å²) in [6.07, 6.45) is 2.76. The fraction of sp³-hybridized carbons (Fsp3) is 0.591. The highest BCUT2D eigenvalue weighted by molar-refractivity contribution is 6.09. The van der Waals surface area contributed by atoms with E-state index in [1.165, 1.54) is 6.07 Å². The zero-order valence-electron chi connectivity index (χ0n) is 17.9. The molecule has 4 amide bonds. The monoisotopic (exact) mass is 421 g/mol. The van der Waals surface area contributed by atoms with Crippen molar-refractivity contribution in [3.05, 3.63) is 35.4 Å². The van der Waals surface area contributed by atoms with Crippen LogP contribution in [0.1, 0.15) is 65.0 Å². The molecule has 2 fully saturated rings. The van der Waals surface area contributed by atoms with Gasteiger partial charge in [-0.15, -0.1) is 0 Å². The first-order valence-electron chi connectivity index (χ1n) is 10.3. The lowest BCUT2D eigenvalue weighted by atomic mass is 9.67. The van der Waals surface area contributed by atoms with Gasteiger partial charge in [0.25, 0.3) is 5.91 Å². The molecule has 0 bridgehead atoms. The van der Waals surface area contributed by atoms with Gasteiger partial charge >= 0.3 is 6.03 Å². The standard InChI is InChI=1S/C22H29F2N3O3/c1-13(16-6-5-15(23)11-17(16)24)25-18(28)12-27-19(29)22(26-20(27)30)9-7-14(8-10-22)21(2,3)4/h5-6,11,13-14H,7-10,12H2,1-4H3,(H,25,28)(H,26,30). The molecule has 3 rings (SSSR count). The normalized spacial score (nSPS) is 25.4. The number of nitrogens with zero attached hydrogens (tertiary/aromatic N) is 1. The van der Waals surface area contributed by atoms with Crippen molar-refractivity contribution in [2.75, 3.05) is 6.54 Å². The molecule has 0 aromatic heterocycles. The first kappa shape index (κ1) is 22.2. The maximum Gasteiger partial charge on any atom is 0.325 e. The third-order valence-corrected chi connectivity index (χ3v) is 6.42. The molecule has 1 spiro atoms. The maximum atomic E-state index is 13.9. The van der Waals surface area contributed by atoms with Crippen molar-refractivity contribution in [1.29, 1.82) is 0 Å². The van der Waals surface area contributed by atoms with E-state index in [4.69, 9.17) is 0 Å². The SMILES string of the molecule is CC(NC(=O)CN1C(=O)NC2(CCC(C(C)(C)C)CC2)C1=O)c1ccc(F)cc1F. The van der Waals surface area contributed by atoms with Crippen molar-refractivity contribution in [3.8, 4) is 0 Å². The molecule has 1 atom stereocenters. The average molecular weight is 421 g/mol. The fourth-order valence-electron chi connectivity index (χ4n) is 4.50. The van der Waals surface area contributed by atoms with E-state index < -0.39 is 41.7 Å². The Hall–Kier alpha value is -2.51. The van der Waals surface area contributed by atoms with E-state index in [1.54, 1.807) is 6.92 Å². The predicted molar refractivity (Wildman–Crippen MR) is 107 cm³/mol. The van der Waals surface area contributed by atoms with Gasteiger partial charge in [-0.3, -0.25) is 14.5 Å². The van der Waals surface area contributed by atoms with Crippen LogP contribution in [0.5, 0.6) is 0 Å². The highest BCUT2D eigenvalue weighted by atomic mass is 19.1. The lowest BCUT2D eigenvalue weighted by Crippen LogP contribution is -2.51. The molecule has 164 valence electrons. The van der Waals surface area contributed by atoms with Gasteiger partial charge in [0, 0.05) is 11.6 Å². The number of rotatable bonds is 4. The Bertz CT molecular complexity index is 858. The quantitative estimate of drug-likeness (QED) is 0.728. The molecule has 2 aliphatic rings. The minimum absolute atomic E-state index is 0.124. The molecule has 8 heteroatoms. The van der Waals surface area contributed by atoms with E-state index >= 15 is 0 Å². The number of nitrogens with one attached hydrogen (secondary N) is 2. The van der Waals surface area contributed by atoms with Crippen LogP contribution in [0.2, 0.25) is 0 Å². The van der Waals surface area contributed by atoms with E-state index in [1.807, 2.05) is 0 Å². The lowest BCUT2D eigenvalue weighted by Gasteiger charge is -2.40. The molecule has 1 unspecified atom stereocenters. The Morgan fingerprint density at radius 1 is 1.27 bits per heavy atom. The average Bonchev–Trinajstić information content (AvgIpc) is 2.85. The molecule has 1 saturated carbocycles. The van der Waals surface area contributed by atoms with Crippen molar-refractivity contribution in [2.45, 2.75) is 65.0 Å². The summed E-state index contributed by atoms with van der Waals surface area (Å²) in [4.78, 5) is 38.8. The second-order valence-corrected chi connectivity index (χ2v) is 9.50. The Balaban J connectivity index is 1.62. The first-order chi connectivity index (χ1) is 13.9. The smallest absolute Gasteiger partial charge is 0.325 e. The molecule has 0 radical (unpaired) electrons. The molecule has 30 heavy (non-hydrogen) atoms. The summed E-state index contributed by atoms with van der Waals surface area (Å²) >= 11 is 0. The molecule has 2 N–H and O–H groups in total. The molecule has 1 aliphatic heterocycles. The van der Waals surface area contributed by atoms with Crippen LogP contribution in [0.4, 0.5) is 13.6 Å². The highest BCUT2D eigenvalue weighted by Gasteiger charge is 2.53. The molecule has 1 aromatic carbocycles. The zero-order valence-corrected chi connectivity index (χ0v) is 17.9. The first-order valence-corrected chi connectivity index (χ1v) is 10.3. The molecule has 6 nitrogen and oxygen atoms in total. The van der Waals surface area contributed by atoms with Gasteiger partial charge in [0.05, 0.1) is 6.04 Å². The predicted octanol–water partition coefficient (Wildman–Crippen LogP) is 3.67. The van der Waals surface area contributed by atoms with Crippen LogP contribution in [0.15, 0.2) is 18.2 Å². The number of halogens is 2. The summed E-state index contributed by atoms with van der Waals surface area (Å²) in [6, 6.07) is 1.79. The third kappa shape index (κ3) is 4.32. The highest BCUT2D eigenvalue weighted by Crippen LogP contribution is 2.43. The topological polar surface area (TPSA) is 78.5 Å². The van der Waals surface area contributed by atoms with Crippen molar-refractivity contribution < 1.29 is 23.2 Å². The third-order valence-electron chi connectivity index (χ3n) is 6.42. The number of amides is 4. The summed E-state index contributed by atoms with van der Waals surface area (Å²) < 4.78 is 27.0. The molecular formula is C22H29F2N3O3. The van der Waals surface area contributed by atoms with Crippen molar-refractivity contribution >= 4 is 17.8 Å². The van der Waals surface area contributed by atoms with Crippen LogP contribution in [-0.2, 0) is 9.59 Å². The summed E-state index contributed by atoms with van der Waals surface area (Å²) in [5, 5.41) is 5.37. The van der Waals surface area contributed by atoms with Gasteiger partial charge in [-0.05, 0) is 50.0 Å². The van der Waals surface area contributed by atoms with Gasteiger partial charge in [0.2, 0.25) is 5.91 Å². The summed E-state index contributed by atoms with van der Waals surface area (Å²) in [7, 11) is 0. The second kappa shape index (κ2) is 7.96. The van der Waals surface area contributed by atoms with Gasteiger partial charge in [-0.1, -0.05) is 26.8 Å². The number of carbonyl (C=O) groups excluding carboxylic acids is 3. The second-order valence-electron chi connectivity index (χ2n) is 9.50. The van der Waals surface area contributed by atoms with E-state index in [-0.39, 0.29) is 16.9 Å². The summed E-state index contributed by atoms with van der Waals surface area (Å²) in [5.74, 6) is -1.98. The Labute approximate surface area is 175 Å². The number of urea groups is 1. The molecule has 1 saturated heterocycles. The van der Waals surface area contributed by atoms with Gasteiger partial charge in [0.15, 0.2) is 0 Å². The number of hydrogen-bond acceptors (Lipinski definition) is 3. The van der Waals surface area contributed by atoms with Crippen LogP contribution in [0.25, 0.3) is 0 Å². The Morgan fingerprint density at radius 2 is 1.90 bits per heavy atom. The number of benzene rings is 1. The van der Waals surface area contributed by atoms with Gasteiger partial charge in [0.1, 0.15) is 23.7 Å². The van der Waals surface area contributed by atoms with Crippen molar-refractivity contribution in [1.82, 2.24) is 15.5 Å². The zero-order chi connectivity index (χ0) is 22.3. The largest absolute Gasteiger partial charge is 0.348 e. The van der Waals surface area contributed by atoms with E-state index in [2.05, 4.69) is 31.4 Å². The number of carbonyl (C=O) groups is 3. The van der Waals surface area contributed by atoms with Crippen molar-refractivity contribution in [3.63, 3.8) is 0 Å². The van der Waals surface area contributed by atoms with Crippen LogP contribution in [-0.4, -0.2) is 34.8 Å².